The number of carbonyl (C=O) groups excluding carboxylic acids is 1. The van der Waals surface area contributed by atoms with Gasteiger partial charge in [0, 0.05) is 11.0 Å². The Labute approximate surface area is 115 Å². The number of amides is 1. The zero-order valence-corrected chi connectivity index (χ0v) is 11.9. The van der Waals surface area contributed by atoms with Crippen molar-refractivity contribution in [3.8, 4) is 11.8 Å². The van der Waals surface area contributed by atoms with Crippen molar-refractivity contribution in [3.63, 3.8) is 0 Å². The van der Waals surface area contributed by atoms with Crippen LogP contribution >= 0.6 is 0 Å². The van der Waals surface area contributed by atoms with Crippen molar-refractivity contribution in [1.82, 2.24) is 5.32 Å². The van der Waals surface area contributed by atoms with Gasteiger partial charge in [-0.3, -0.25) is 4.79 Å². The van der Waals surface area contributed by atoms with Crippen LogP contribution in [0.5, 0.6) is 0 Å². The van der Waals surface area contributed by atoms with Gasteiger partial charge in [0.25, 0.3) is 0 Å². The van der Waals surface area contributed by atoms with Crippen molar-refractivity contribution < 1.29 is 9.90 Å². The molecule has 3 heteroatoms. The third-order valence-electron chi connectivity index (χ3n) is 2.73. The number of nitrogens with one attached hydrogen (secondary N) is 1. The van der Waals surface area contributed by atoms with Crippen LogP contribution in [0, 0.1) is 17.3 Å². The third kappa shape index (κ3) is 4.76. The van der Waals surface area contributed by atoms with Gasteiger partial charge >= 0.3 is 0 Å². The number of aliphatic hydroxyl groups is 1. The Bertz CT molecular complexity index is 503. The molecule has 3 nitrogen and oxygen atoms in total. The first-order valence-electron chi connectivity index (χ1n) is 6.35. The van der Waals surface area contributed by atoms with E-state index in [1.165, 1.54) is 0 Å². The van der Waals surface area contributed by atoms with Crippen molar-refractivity contribution in [2.75, 3.05) is 6.61 Å². The smallest absolute Gasteiger partial charge is 0.225 e. The van der Waals surface area contributed by atoms with Crippen LogP contribution in [0.15, 0.2) is 24.3 Å². The van der Waals surface area contributed by atoms with Gasteiger partial charge in [0.2, 0.25) is 5.91 Å². The summed E-state index contributed by atoms with van der Waals surface area (Å²) in [5.74, 6) is 5.49. The molecule has 0 radical (unpaired) electrons. The number of carbonyl (C=O) groups is 1. The standard InChI is InChI=1S/C16H21NO2/c1-12(17-15(19)16(2,3)4)14-9-5-7-13(11-14)8-6-10-18/h5,7,9,11-12,18H,10H2,1-4H3,(H,17,19). The summed E-state index contributed by atoms with van der Waals surface area (Å²) >= 11 is 0. The summed E-state index contributed by atoms with van der Waals surface area (Å²) in [6, 6.07) is 7.59. The molecule has 2 N–H and O–H groups in total. The Morgan fingerprint density at radius 2 is 2.11 bits per heavy atom. The molecule has 1 aromatic rings. The topological polar surface area (TPSA) is 49.3 Å². The van der Waals surface area contributed by atoms with Crippen molar-refractivity contribution in [2.24, 2.45) is 5.41 Å². The Morgan fingerprint density at radius 1 is 1.42 bits per heavy atom. The van der Waals surface area contributed by atoms with E-state index in [2.05, 4.69) is 17.2 Å². The summed E-state index contributed by atoms with van der Waals surface area (Å²) in [5.41, 5.74) is 1.44. The van der Waals surface area contributed by atoms with E-state index in [0.717, 1.165) is 11.1 Å². The minimum absolute atomic E-state index is 0.0202. The minimum Gasteiger partial charge on any atom is -0.384 e. The molecular weight excluding hydrogens is 238 g/mol. The Hall–Kier alpha value is -1.79. The van der Waals surface area contributed by atoms with Gasteiger partial charge in [0.05, 0.1) is 6.04 Å². The summed E-state index contributed by atoms with van der Waals surface area (Å²) in [5, 5.41) is 11.7. The summed E-state index contributed by atoms with van der Waals surface area (Å²) in [4.78, 5) is 11.9. The normalized spacial score (nSPS) is 12.3. The van der Waals surface area contributed by atoms with Gasteiger partial charge in [-0.2, -0.15) is 0 Å². The zero-order chi connectivity index (χ0) is 14.5. The molecule has 1 atom stereocenters. The summed E-state index contributed by atoms with van der Waals surface area (Å²) < 4.78 is 0. The molecular formula is C16H21NO2. The van der Waals surface area contributed by atoms with E-state index < -0.39 is 5.41 Å². The zero-order valence-electron chi connectivity index (χ0n) is 11.9. The van der Waals surface area contributed by atoms with Crippen LogP contribution in [-0.4, -0.2) is 17.6 Å². The number of rotatable bonds is 2. The van der Waals surface area contributed by atoms with Crippen LogP contribution in [0.2, 0.25) is 0 Å². The van der Waals surface area contributed by atoms with Gasteiger partial charge in [-0.15, -0.1) is 0 Å². The Kier molecular flexibility index (Phi) is 5.14. The van der Waals surface area contributed by atoms with E-state index in [4.69, 9.17) is 5.11 Å². The van der Waals surface area contributed by atoms with E-state index in [1.807, 2.05) is 52.0 Å². The van der Waals surface area contributed by atoms with Gasteiger partial charge < -0.3 is 10.4 Å². The van der Waals surface area contributed by atoms with Crippen LogP contribution in [0.3, 0.4) is 0 Å². The molecule has 0 aliphatic heterocycles. The minimum atomic E-state index is -0.400. The van der Waals surface area contributed by atoms with E-state index in [1.54, 1.807) is 0 Å². The first-order valence-corrected chi connectivity index (χ1v) is 6.35. The fourth-order valence-corrected chi connectivity index (χ4v) is 1.52. The van der Waals surface area contributed by atoms with Gasteiger partial charge in [-0.25, -0.2) is 0 Å². The van der Waals surface area contributed by atoms with E-state index >= 15 is 0 Å². The molecule has 0 aliphatic carbocycles. The van der Waals surface area contributed by atoms with E-state index in [0.29, 0.717) is 0 Å². The Morgan fingerprint density at radius 3 is 2.68 bits per heavy atom. The Balaban J connectivity index is 2.83. The molecule has 0 saturated carbocycles. The number of aliphatic hydroxyl groups excluding tert-OH is 1. The van der Waals surface area contributed by atoms with Crippen molar-refractivity contribution in [2.45, 2.75) is 33.7 Å². The van der Waals surface area contributed by atoms with Crippen LogP contribution < -0.4 is 5.32 Å². The van der Waals surface area contributed by atoms with Gasteiger partial charge in [0.1, 0.15) is 6.61 Å². The molecule has 1 amide bonds. The number of hydrogen-bond donors (Lipinski definition) is 2. The highest BCUT2D eigenvalue weighted by atomic mass is 16.2. The van der Waals surface area contributed by atoms with Crippen molar-refractivity contribution in [1.29, 1.82) is 0 Å². The van der Waals surface area contributed by atoms with Gasteiger partial charge in [-0.05, 0) is 24.6 Å². The molecule has 0 bridgehead atoms. The first kappa shape index (κ1) is 15.3. The van der Waals surface area contributed by atoms with Crippen LogP contribution in [0.25, 0.3) is 0 Å². The maximum absolute atomic E-state index is 11.9. The van der Waals surface area contributed by atoms with Crippen LogP contribution in [-0.2, 0) is 4.79 Å². The second-order valence-electron chi connectivity index (χ2n) is 5.53. The second kappa shape index (κ2) is 6.40. The lowest BCUT2D eigenvalue weighted by Crippen LogP contribution is -2.36. The van der Waals surface area contributed by atoms with Crippen molar-refractivity contribution >= 4 is 5.91 Å². The largest absolute Gasteiger partial charge is 0.384 e. The van der Waals surface area contributed by atoms with Crippen LogP contribution in [0.1, 0.15) is 44.9 Å². The first-order chi connectivity index (χ1) is 8.84. The molecule has 0 saturated heterocycles. The predicted molar refractivity (Wildman–Crippen MR) is 76.4 cm³/mol. The summed E-state index contributed by atoms with van der Waals surface area (Å²) in [7, 11) is 0. The summed E-state index contributed by atoms with van der Waals surface area (Å²) in [6.07, 6.45) is 0. The highest BCUT2D eigenvalue weighted by Gasteiger charge is 2.22. The fourth-order valence-electron chi connectivity index (χ4n) is 1.52. The molecule has 1 unspecified atom stereocenters. The fraction of sp³-hybridized carbons (Fsp3) is 0.438. The molecule has 0 aromatic heterocycles. The molecule has 102 valence electrons. The van der Waals surface area contributed by atoms with Crippen molar-refractivity contribution in [3.05, 3.63) is 35.4 Å². The van der Waals surface area contributed by atoms with Crippen LogP contribution in [0.4, 0.5) is 0 Å². The SMILES string of the molecule is CC(NC(=O)C(C)(C)C)c1cccc(C#CCO)c1. The summed E-state index contributed by atoms with van der Waals surface area (Å²) in [6.45, 7) is 7.46. The monoisotopic (exact) mass is 259 g/mol. The molecule has 0 spiro atoms. The molecule has 1 aromatic carbocycles. The quantitative estimate of drug-likeness (QED) is 0.800. The molecule has 0 aliphatic rings. The molecule has 1 rings (SSSR count). The lowest BCUT2D eigenvalue weighted by Gasteiger charge is -2.22. The second-order valence-corrected chi connectivity index (χ2v) is 5.53. The number of hydrogen-bond acceptors (Lipinski definition) is 2. The van der Waals surface area contributed by atoms with Gasteiger partial charge in [-0.1, -0.05) is 44.7 Å². The lowest BCUT2D eigenvalue weighted by atomic mass is 9.94. The van der Waals surface area contributed by atoms with E-state index in [9.17, 15) is 4.79 Å². The maximum atomic E-state index is 11.9. The third-order valence-corrected chi connectivity index (χ3v) is 2.73. The molecule has 0 heterocycles. The maximum Gasteiger partial charge on any atom is 0.225 e. The molecule has 0 fully saturated rings. The highest BCUT2D eigenvalue weighted by molar-refractivity contribution is 5.81. The average Bonchev–Trinajstić information content (AvgIpc) is 2.35. The number of benzene rings is 1. The molecule has 19 heavy (non-hydrogen) atoms. The van der Waals surface area contributed by atoms with E-state index in [-0.39, 0.29) is 18.6 Å². The average molecular weight is 259 g/mol. The highest BCUT2D eigenvalue weighted by Crippen LogP contribution is 2.18. The van der Waals surface area contributed by atoms with Gasteiger partial charge in [0.15, 0.2) is 0 Å². The lowest BCUT2D eigenvalue weighted by molar-refractivity contribution is -0.129. The predicted octanol–water partition coefficient (Wildman–Crippen LogP) is 2.25.